The predicted molar refractivity (Wildman–Crippen MR) is 85.7 cm³/mol. The van der Waals surface area contributed by atoms with Crippen molar-refractivity contribution in [3.05, 3.63) is 64.4 Å². The lowest BCUT2D eigenvalue weighted by Gasteiger charge is -2.12. The van der Waals surface area contributed by atoms with Crippen LogP contribution >= 0.6 is 11.6 Å². The number of benzene rings is 2. The second kappa shape index (κ2) is 7.82. The maximum atomic E-state index is 12.9. The van der Waals surface area contributed by atoms with E-state index in [2.05, 4.69) is 6.07 Å². The van der Waals surface area contributed by atoms with Gasteiger partial charge in [0.05, 0.1) is 18.6 Å². The van der Waals surface area contributed by atoms with E-state index < -0.39 is 0 Å². The standard InChI is InChI=1S/C18H17ClFNO/c1-13-11-16(19)6-9-18(13)22-10-2-3-15(12-21)14-4-7-17(20)8-5-14/h4-9,11,15H,2-3,10H2,1H3. The van der Waals surface area contributed by atoms with E-state index in [9.17, 15) is 9.65 Å². The van der Waals surface area contributed by atoms with Crippen LogP contribution in [0.5, 0.6) is 5.75 Å². The maximum Gasteiger partial charge on any atom is 0.123 e. The summed E-state index contributed by atoms with van der Waals surface area (Å²) < 4.78 is 18.6. The highest BCUT2D eigenvalue weighted by molar-refractivity contribution is 6.30. The first-order chi connectivity index (χ1) is 10.6. The summed E-state index contributed by atoms with van der Waals surface area (Å²) >= 11 is 5.90. The first-order valence-corrected chi connectivity index (χ1v) is 7.52. The van der Waals surface area contributed by atoms with Crippen molar-refractivity contribution >= 4 is 11.6 Å². The summed E-state index contributed by atoms with van der Waals surface area (Å²) in [7, 11) is 0. The zero-order valence-electron chi connectivity index (χ0n) is 12.4. The van der Waals surface area contributed by atoms with Crippen LogP contribution in [0.25, 0.3) is 0 Å². The summed E-state index contributed by atoms with van der Waals surface area (Å²) in [4.78, 5) is 0. The third-order valence-corrected chi connectivity index (χ3v) is 3.69. The highest BCUT2D eigenvalue weighted by Crippen LogP contribution is 2.24. The predicted octanol–water partition coefficient (Wildman–Crippen LogP) is 5.25. The quantitative estimate of drug-likeness (QED) is 0.681. The SMILES string of the molecule is Cc1cc(Cl)ccc1OCCCC(C#N)c1ccc(F)cc1. The van der Waals surface area contributed by atoms with Gasteiger partial charge in [-0.15, -0.1) is 0 Å². The van der Waals surface area contributed by atoms with Crippen molar-refractivity contribution in [2.45, 2.75) is 25.7 Å². The topological polar surface area (TPSA) is 33.0 Å². The molecule has 0 fully saturated rings. The molecule has 0 saturated heterocycles. The molecule has 114 valence electrons. The van der Waals surface area contributed by atoms with Gasteiger partial charge in [0.25, 0.3) is 0 Å². The van der Waals surface area contributed by atoms with Crippen molar-refractivity contribution in [3.63, 3.8) is 0 Å². The maximum absolute atomic E-state index is 12.9. The summed E-state index contributed by atoms with van der Waals surface area (Å²) in [5.41, 5.74) is 1.83. The van der Waals surface area contributed by atoms with E-state index >= 15 is 0 Å². The van der Waals surface area contributed by atoms with E-state index in [4.69, 9.17) is 16.3 Å². The number of aryl methyl sites for hydroxylation is 1. The van der Waals surface area contributed by atoms with Crippen molar-refractivity contribution < 1.29 is 9.13 Å². The van der Waals surface area contributed by atoms with E-state index in [0.717, 1.165) is 23.3 Å². The molecule has 0 aliphatic heterocycles. The molecule has 2 aromatic carbocycles. The van der Waals surface area contributed by atoms with Crippen LogP contribution in [0, 0.1) is 24.1 Å². The zero-order valence-corrected chi connectivity index (χ0v) is 13.1. The summed E-state index contributed by atoms with van der Waals surface area (Å²) in [6.45, 7) is 2.47. The Balaban J connectivity index is 1.84. The molecule has 4 heteroatoms. The van der Waals surface area contributed by atoms with Crippen molar-refractivity contribution in [2.24, 2.45) is 0 Å². The van der Waals surface area contributed by atoms with Crippen LogP contribution in [-0.2, 0) is 0 Å². The minimum Gasteiger partial charge on any atom is -0.493 e. The number of nitriles is 1. The van der Waals surface area contributed by atoms with Crippen LogP contribution in [0.2, 0.25) is 5.02 Å². The van der Waals surface area contributed by atoms with E-state index in [1.807, 2.05) is 19.1 Å². The fourth-order valence-corrected chi connectivity index (χ4v) is 2.47. The monoisotopic (exact) mass is 317 g/mol. The van der Waals surface area contributed by atoms with Gasteiger partial charge in [-0.05, 0) is 61.2 Å². The molecule has 0 aromatic heterocycles. The normalized spacial score (nSPS) is 11.7. The largest absolute Gasteiger partial charge is 0.493 e. The molecule has 2 rings (SSSR count). The number of nitrogens with zero attached hydrogens (tertiary/aromatic N) is 1. The van der Waals surface area contributed by atoms with E-state index in [0.29, 0.717) is 18.1 Å². The van der Waals surface area contributed by atoms with Crippen LogP contribution in [0.3, 0.4) is 0 Å². The van der Waals surface area contributed by atoms with E-state index in [1.165, 1.54) is 12.1 Å². The smallest absolute Gasteiger partial charge is 0.123 e. The number of halogens is 2. The van der Waals surface area contributed by atoms with Gasteiger partial charge >= 0.3 is 0 Å². The first kappa shape index (κ1) is 16.3. The van der Waals surface area contributed by atoms with Gasteiger partial charge < -0.3 is 4.74 Å². The van der Waals surface area contributed by atoms with Crippen LogP contribution in [-0.4, -0.2) is 6.61 Å². The third kappa shape index (κ3) is 4.47. The van der Waals surface area contributed by atoms with Crippen LogP contribution in [0.4, 0.5) is 4.39 Å². The van der Waals surface area contributed by atoms with E-state index in [1.54, 1.807) is 18.2 Å². The van der Waals surface area contributed by atoms with Gasteiger partial charge in [-0.25, -0.2) is 4.39 Å². The molecule has 2 aromatic rings. The van der Waals surface area contributed by atoms with Crippen molar-refractivity contribution in [1.82, 2.24) is 0 Å². The molecule has 0 aliphatic rings. The Kier molecular flexibility index (Phi) is 5.80. The molecule has 1 atom stereocenters. The van der Waals surface area contributed by atoms with Gasteiger partial charge in [-0.1, -0.05) is 23.7 Å². The molecule has 0 amide bonds. The van der Waals surface area contributed by atoms with Crippen molar-refractivity contribution in [1.29, 1.82) is 5.26 Å². The lowest BCUT2D eigenvalue weighted by atomic mass is 9.96. The molecule has 0 heterocycles. The Labute approximate surface area is 135 Å². The number of ether oxygens (including phenoxy) is 1. The second-order valence-corrected chi connectivity index (χ2v) is 5.57. The lowest BCUT2D eigenvalue weighted by molar-refractivity contribution is 0.303. The average Bonchev–Trinajstić information content (AvgIpc) is 2.50. The highest BCUT2D eigenvalue weighted by atomic mass is 35.5. The molecular formula is C18H17ClFNO. The van der Waals surface area contributed by atoms with Gasteiger partial charge in [0.2, 0.25) is 0 Å². The highest BCUT2D eigenvalue weighted by Gasteiger charge is 2.10. The first-order valence-electron chi connectivity index (χ1n) is 7.14. The minimum atomic E-state index is -0.290. The summed E-state index contributed by atoms with van der Waals surface area (Å²) in [5.74, 6) is 0.275. The molecule has 22 heavy (non-hydrogen) atoms. The molecule has 0 radical (unpaired) electrons. The number of rotatable bonds is 6. The fraction of sp³-hybridized carbons (Fsp3) is 0.278. The Morgan fingerprint density at radius 2 is 1.95 bits per heavy atom. The Hall–Kier alpha value is -2.05. The zero-order chi connectivity index (χ0) is 15.9. The van der Waals surface area contributed by atoms with Crippen LogP contribution in [0.15, 0.2) is 42.5 Å². The number of hydrogen-bond acceptors (Lipinski definition) is 2. The summed E-state index contributed by atoms with van der Waals surface area (Å²) in [6, 6.07) is 13.8. The second-order valence-electron chi connectivity index (χ2n) is 5.13. The Morgan fingerprint density at radius 3 is 2.59 bits per heavy atom. The lowest BCUT2D eigenvalue weighted by Crippen LogP contribution is -2.03. The Morgan fingerprint density at radius 1 is 1.23 bits per heavy atom. The van der Waals surface area contributed by atoms with Crippen LogP contribution in [0.1, 0.15) is 29.9 Å². The van der Waals surface area contributed by atoms with Gasteiger partial charge in [0, 0.05) is 5.02 Å². The third-order valence-electron chi connectivity index (χ3n) is 3.46. The van der Waals surface area contributed by atoms with Crippen molar-refractivity contribution in [3.8, 4) is 11.8 Å². The van der Waals surface area contributed by atoms with Gasteiger partial charge in [-0.3, -0.25) is 0 Å². The summed E-state index contributed by atoms with van der Waals surface area (Å²) in [6.07, 6.45) is 1.42. The van der Waals surface area contributed by atoms with Gasteiger partial charge in [-0.2, -0.15) is 5.26 Å². The van der Waals surface area contributed by atoms with E-state index in [-0.39, 0.29) is 11.7 Å². The molecule has 2 nitrogen and oxygen atoms in total. The molecule has 0 bridgehead atoms. The van der Waals surface area contributed by atoms with Crippen molar-refractivity contribution in [2.75, 3.05) is 6.61 Å². The molecule has 0 saturated carbocycles. The molecule has 0 N–H and O–H groups in total. The molecule has 0 aliphatic carbocycles. The number of hydrogen-bond donors (Lipinski definition) is 0. The molecular weight excluding hydrogens is 301 g/mol. The average molecular weight is 318 g/mol. The van der Waals surface area contributed by atoms with Gasteiger partial charge in [0.1, 0.15) is 11.6 Å². The summed E-state index contributed by atoms with van der Waals surface area (Å²) in [5, 5.41) is 9.93. The van der Waals surface area contributed by atoms with Crippen LogP contribution < -0.4 is 4.74 Å². The molecule has 1 unspecified atom stereocenters. The van der Waals surface area contributed by atoms with Gasteiger partial charge in [0.15, 0.2) is 0 Å². The minimum absolute atomic E-state index is 0.240. The molecule has 0 spiro atoms. The Bertz CT molecular complexity index is 664. The fourth-order valence-electron chi connectivity index (χ4n) is 2.25.